The third-order valence-electron chi connectivity index (χ3n) is 4.25. The van der Waals surface area contributed by atoms with Crippen molar-refractivity contribution >= 4 is 17.2 Å². The first-order chi connectivity index (χ1) is 11.7. The summed E-state index contributed by atoms with van der Waals surface area (Å²) in [6.07, 6.45) is 1.49. The number of thiophene rings is 1. The van der Waals surface area contributed by atoms with Gasteiger partial charge < -0.3 is 5.32 Å². The van der Waals surface area contributed by atoms with Crippen LogP contribution >= 0.6 is 11.3 Å². The van der Waals surface area contributed by atoms with Gasteiger partial charge in [-0.05, 0) is 52.4 Å². The van der Waals surface area contributed by atoms with E-state index in [1.807, 2.05) is 0 Å². The third kappa shape index (κ3) is 2.80. The van der Waals surface area contributed by atoms with Gasteiger partial charge in [-0.25, -0.2) is 4.39 Å². The molecular formula is C16H14FN5OS. The first-order valence-electron chi connectivity index (χ1n) is 7.54. The van der Waals surface area contributed by atoms with Crippen LogP contribution in [-0.2, 0) is 17.6 Å². The van der Waals surface area contributed by atoms with Crippen molar-refractivity contribution in [2.24, 2.45) is 5.92 Å². The summed E-state index contributed by atoms with van der Waals surface area (Å²) < 4.78 is 13.2. The van der Waals surface area contributed by atoms with E-state index >= 15 is 0 Å². The second kappa shape index (κ2) is 6.12. The van der Waals surface area contributed by atoms with Crippen LogP contribution in [0.4, 0.5) is 4.39 Å². The molecule has 4 rings (SSSR count). The zero-order valence-electron chi connectivity index (χ0n) is 12.6. The van der Waals surface area contributed by atoms with Crippen molar-refractivity contribution in [2.75, 3.05) is 0 Å². The predicted octanol–water partition coefficient (Wildman–Crippen LogP) is 2.02. The summed E-state index contributed by atoms with van der Waals surface area (Å²) in [4.78, 5) is 12.7. The molecule has 1 aliphatic carbocycles. The molecule has 0 fully saturated rings. The lowest BCUT2D eigenvalue weighted by atomic mass is 10.0. The summed E-state index contributed by atoms with van der Waals surface area (Å²) in [6.45, 7) is 0. The first-order valence-corrected chi connectivity index (χ1v) is 8.48. The smallest absolute Gasteiger partial charge is 0.224 e. The molecular weight excluding hydrogens is 329 g/mol. The Hall–Kier alpha value is -2.61. The normalized spacial score (nSPS) is 15.2. The number of aromatic amines is 1. The van der Waals surface area contributed by atoms with E-state index in [0.29, 0.717) is 11.4 Å². The van der Waals surface area contributed by atoms with Gasteiger partial charge in [0, 0.05) is 5.92 Å². The van der Waals surface area contributed by atoms with E-state index in [4.69, 9.17) is 0 Å². The van der Waals surface area contributed by atoms with Crippen molar-refractivity contribution in [3.05, 3.63) is 63.4 Å². The number of aromatic nitrogens is 4. The fraction of sp³-hybridized carbons (Fsp3) is 0.250. The Bertz CT molecular complexity index is 825. The minimum absolute atomic E-state index is 0.0599. The number of carbonyl (C=O) groups is 1. The summed E-state index contributed by atoms with van der Waals surface area (Å²) in [6, 6.07) is 5.36. The van der Waals surface area contributed by atoms with Gasteiger partial charge in [-0.2, -0.15) is 16.6 Å². The SMILES string of the molecule is O=C(NC(c1ccc(F)cc1)c1nn[nH]n1)C1Cc2cscc2C1. The van der Waals surface area contributed by atoms with Crippen molar-refractivity contribution < 1.29 is 9.18 Å². The summed E-state index contributed by atoms with van der Waals surface area (Å²) in [5.74, 6) is -0.146. The summed E-state index contributed by atoms with van der Waals surface area (Å²) in [5, 5.41) is 21.1. The van der Waals surface area contributed by atoms with Gasteiger partial charge in [-0.15, -0.1) is 10.2 Å². The van der Waals surface area contributed by atoms with Gasteiger partial charge in [0.25, 0.3) is 0 Å². The van der Waals surface area contributed by atoms with Crippen LogP contribution in [0.25, 0.3) is 0 Å². The van der Waals surface area contributed by atoms with Gasteiger partial charge in [-0.1, -0.05) is 17.3 Å². The number of benzene rings is 1. The van der Waals surface area contributed by atoms with Gasteiger partial charge in [-0.3, -0.25) is 4.79 Å². The molecule has 24 heavy (non-hydrogen) atoms. The highest BCUT2D eigenvalue weighted by Gasteiger charge is 2.31. The maximum Gasteiger partial charge on any atom is 0.224 e. The first kappa shape index (κ1) is 14.9. The second-order valence-electron chi connectivity index (χ2n) is 5.79. The van der Waals surface area contributed by atoms with Gasteiger partial charge in [0.15, 0.2) is 0 Å². The highest BCUT2D eigenvalue weighted by atomic mass is 32.1. The molecule has 1 aliphatic rings. The van der Waals surface area contributed by atoms with E-state index in [0.717, 1.165) is 12.8 Å². The number of amides is 1. The standard InChI is InChI=1S/C16H14FN5OS/c17-13-3-1-9(2-4-13)14(15-19-21-22-20-15)18-16(23)10-5-11-7-24-8-12(11)6-10/h1-4,7-8,10,14H,5-6H2,(H,18,23)(H,19,20,21,22). The van der Waals surface area contributed by atoms with Crippen LogP contribution in [0.5, 0.6) is 0 Å². The number of hydrogen-bond donors (Lipinski definition) is 2. The van der Waals surface area contributed by atoms with Gasteiger partial charge in [0.2, 0.25) is 11.7 Å². The number of nitrogens with zero attached hydrogens (tertiary/aromatic N) is 3. The average molecular weight is 343 g/mol. The van der Waals surface area contributed by atoms with Crippen LogP contribution in [0.1, 0.15) is 28.6 Å². The molecule has 6 nitrogen and oxygen atoms in total. The van der Waals surface area contributed by atoms with Crippen LogP contribution in [0, 0.1) is 11.7 Å². The van der Waals surface area contributed by atoms with Crippen molar-refractivity contribution in [2.45, 2.75) is 18.9 Å². The topological polar surface area (TPSA) is 83.6 Å². The number of hydrogen-bond acceptors (Lipinski definition) is 5. The Morgan fingerprint density at radius 1 is 1.25 bits per heavy atom. The van der Waals surface area contributed by atoms with Crippen molar-refractivity contribution in [3.63, 3.8) is 0 Å². The molecule has 0 saturated heterocycles. The Morgan fingerprint density at radius 3 is 2.58 bits per heavy atom. The minimum atomic E-state index is -0.561. The highest BCUT2D eigenvalue weighted by molar-refractivity contribution is 7.08. The van der Waals surface area contributed by atoms with Crippen LogP contribution in [0.15, 0.2) is 35.0 Å². The van der Waals surface area contributed by atoms with Gasteiger partial charge in [0.05, 0.1) is 0 Å². The lowest BCUT2D eigenvalue weighted by Crippen LogP contribution is -2.35. The summed E-state index contributed by atoms with van der Waals surface area (Å²) in [5.41, 5.74) is 3.20. The number of rotatable bonds is 4. The molecule has 1 unspecified atom stereocenters. The van der Waals surface area contributed by atoms with E-state index in [9.17, 15) is 9.18 Å². The maximum atomic E-state index is 13.2. The number of tetrazole rings is 1. The molecule has 8 heteroatoms. The molecule has 0 aliphatic heterocycles. The molecule has 0 bridgehead atoms. The van der Waals surface area contributed by atoms with E-state index in [-0.39, 0.29) is 17.6 Å². The van der Waals surface area contributed by atoms with Crippen molar-refractivity contribution in [1.82, 2.24) is 25.9 Å². The fourth-order valence-electron chi connectivity index (χ4n) is 3.00. The molecule has 0 radical (unpaired) electrons. The second-order valence-corrected chi connectivity index (χ2v) is 6.53. The minimum Gasteiger partial charge on any atom is -0.342 e. The monoisotopic (exact) mass is 343 g/mol. The zero-order chi connectivity index (χ0) is 16.5. The highest BCUT2D eigenvalue weighted by Crippen LogP contribution is 2.30. The quantitative estimate of drug-likeness (QED) is 0.759. The molecule has 0 saturated carbocycles. The molecule has 3 aromatic rings. The molecule has 0 spiro atoms. The Labute approximate surface area is 141 Å². The lowest BCUT2D eigenvalue weighted by Gasteiger charge is -2.18. The van der Waals surface area contributed by atoms with Gasteiger partial charge >= 0.3 is 0 Å². The van der Waals surface area contributed by atoms with Crippen LogP contribution in [0.2, 0.25) is 0 Å². The number of halogens is 1. The number of nitrogens with one attached hydrogen (secondary N) is 2. The molecule has 2 heterocycles. The third-order valence-corrected chi connectivity index (χ3v) is 5.09. The Kier molecular flexibility index (Phi) is 3.81. The fourth-order valence-corrected chi connectivity index (χ4v) is 3.89. The number of carbonyl (C=O) groups excluding carboxylic acids is 1. The molecule has 2 aromatic heterocycles. The van der Waals surface area contributed by atoms with Gasteiger partial charge in [0.1, 0.15) is 11.9 Å². The van der Waals surface area contributed by atoms with E-state index in [1.165, 1.54) is 23.3 Å². The van der Waals surface area contributed by atoms with Crippen LogP contribution < -0.4 is 5.32 Å². The molecule has 2 N–H and O–H groups in total. The number of H-pyrrole nitrogens is 1. The van der Waals surface area contributed by atoms with E-state index in [2.05, 4.69) is 36.7 Å². The van der Waals surface area contributed by atoms with Crippen LogP contribution in [-0.4, -0.2) is 26.5 Å². The molecule has 122 valence electrons. The van der Waals surface area contributed by atoms with E-state index < -0.39 is 6.04 Å². The van der Waals surface area contributed by atoms with Crippen LogP contribution in [0.3, 0.4) is 0 Å². The summed E-state index contributed by atoms with van der Waals surface area (Å²) in [7, 11) is 0. The largest absolute Gasteiger partial charge is 0.342 e. The number of fused-ring (bicyclic) bond motifs is 1. The maximum absolute atomic E-state index is 13.2. The Balaban J connectivity index is 1.55. The lowest BCUT2D eigenvalue weighted by molar-refractivity contribution is -0.125. The van der Waals surface area contributed by atoms with Crippen molar-refractivity contribution in [3.8, 4) is 0 Å². The molecule has 1 amide bonds. The average Bonchev–Trinajstić information content (AvgIpc) is 3.30. The van der Waals surface area contributed by atoms with Crippen molar-refractivity contribution in [1.29, 1.82) is 0 Å². The zero-order valence-corrected chi connectivity index (χ0v) is 13.4. The molecule has 1 atom stereocenters. The summed E-state index contributed by atoms with van der Waals surface area (Å²) >= 11 is 1.67. The predicted molar refractivity (Wildman–Crippen MR) is 85.8 cm³/mol. The van der Waals surface area contributed by atoms with E-state index in [1.54, 1.807) is 23.5 Å². The Morgan fingerprint density at radius 2 is 1.96 bits per heavy atom. The molecule has 1 aromatic carbocycles.